The van der Waals surface area contributed by atoms with Gasteiger partial charge in [-0.05, 0) is 18.2 Å². The monoisotopic (exact) mass is 330 g/mol. The van der Waals surface area contributed by atoms with Gasteiger partial charge in [-0.3, -0.25) is 4.79 Å². The van der Waals surface area contributed by atoms with Crippen molar-refractivity contribution in [3.63, 3.8) is 0 Å². The van der Waals surface area contributed by atoms with Crippen molar-refractivity contribution in [1.29, 1.82) is 0 Å². The smallest absolute Gasteiger partial charge is 0.228 e. The van der Waals surface area contributed by atoms with Gasteiger partial charge in [-0.15, -0.1) is 11.3 Å². The number of hydrogen-bond donors (Lipinski definition) is 0. The van der Waals surface area contributed by atoms with E-state index in [1.807, 2.05) is 18.2 Å². The Hall–Kier alpha value is -0.650. The van der Waals surface area contributed by atoms with Crippen LogP contribution >= 0.6 is 38.9 Å². The summed E-state index contributed by atoms with van der Waals surface area (Å²) in [5, 5.41) is 0. The molecule has 3 rings (SSSR count). The van der Waals surface area contributed by atoms with Crippen LogP contribution in [0.4, 0.5) is 5.69 Å². The fourth-order valence-corrected chi connectivity index (χ4v) is 3.60. The number of hydrogen-bond acceptors (Lipinski definition) is 3. The van der Waals surface area contributed by atoms with Crippen LogP contribution in [0.15, 0.2) is 18.2 Å². The highest BCUT2D eigenvalue weighted by Crippen LogP contribution is 2.31. The molecule has 0 N–H and O–H groups in total. The van der Waals surface area contributed by atoms with Crippen LogP contribution in [0.25, 0.3) is 10.2 Å². The summed E-state index contributed by atoms with van der Waals surface area (Å²) in [4.78, 5) is 18.0. The highest BCUT2D eigenvalue weighted by Gasteiger charge is 2.28. The number of nitrogens with zero attached hydrogens (tertiary/aromatic N) is 2. The van der Waals surface area contributed by atoms with Crippen molar-refractivity contribution < 1.29 is 4.79 Å². The van der Waals surface area contributed by atoms with E-state index in [1.54, 1.807) is 4.90 Å². The van der Waals surface area contributed by atoms with Crippen LogP contribution in [0, 0.1) is 0 Å². The first-order valence-electron chi connectivity index (χ1n) is 5.14. The topological polar surface area (TPSA) is 33.2 Å². The quantitative estimate of drug-likeness (QED) is 0.750. The van der Waals surface area contributed by atoms with Gasteiger partial charge in [0.1, 0.15) is 0 Å². The Morgan fingerprint density at radius 2 is 2.35 bits per heavy atom. The van der Waals surface area contributed by atoms with Gasteiger partial charge in [0, 0.05) is 23.5 Å². The summed E-state index contributed by atoms with van der Waals surface area (Å²) >= 11 is 10.8. The van der Waals surface area contributed by atoms with Gasteiger partial charge in [0.15, 0.2) is 4.47 Å². The predicted octanol–water partition coefficient (Wildman–Crippen LogP) is 3.45. The maximum absolute atomic E-state index is 11.8. The molecule has 0 radical (unpaired) electrons. The zero-order valence-electron chi connectivity index (χ0n) is 8.69. The molecule has 0 aliphatic carbocycles. The number of aromatic nitrogens is 1. The van der Waals surface area contributed by atoms with Crippen LogP contribution in [-0.2, 0) is 4.79 Å². The fraction of sp³-hybridized carbons (Fsp3) is 0.273. The molecule has 6 heteroatoms. The molecule has 17 heavy (non-hydrogen) atoms. The zero-order chi connectivity index (χ0) is 12.0. The van der Waals surface area contributed by atoms with Crippen LogP contribution in [-0.4, -0.2) is 22.3 Å². The van der Waals surface area contributed by atoms with Crippen molar-refractivity contribution in [1.82, 2.24) is 4.98 Å². The van der Waals surface area contributed by atoms with E-state index in [2.05, 4.69) is 20.9 Å². The number of carbonyl (C=O) groups is 1. The van der Waals surface area contributed by atoms with Gasteiger partial charge in [-0.1, -0.05) is 27.5 Å². The molecule has 0 bridgehead atoms. The standard InChI is InChI=1S/C11H8BrClN2OS/c12-6-3-10(16)15(5-6)7-1-2-8-9(4-7)17-11(13)14-8/h1-2,4,6H,3,5H2. The van der Waals surface area contributed by atoms with E-state index in [0.29, 0.717) is 10.9 Å². The minimum Gasteiger partial charge on any atom is -0.311 e. The van der Waals surface area contributed by atoms with E-state index in [0.717, 1.165) is 22.4 Å². The Kier molecular flexibility index (Phi) is 2.84. The molecule has 3 nitrogen and oxygen atoms in total. The molecule has 1 aromatic heterocycles. The first-order valence-corrected chi connectivity index (χ1v) is 7.25. The van der Waals surface area contributed by atoms with E-state index in [4.69, 9.17) is 11.6 Å². The molecule has 0 saturated carbocycles. The molecule has 2 aromatic rings. The molecule has 1 aromatic carbocycles. The maximum Gasteiger partial charge on any atom is 0.228 e. The van der Waals surface area contributed by atoms with Gasteiger partial charge >= 0.3 is 0 Å². The molecule has 1 unspecified atom stereocenters. The van der Waals surface area contributed by atoms with Crippen molar-refractivity contribution in [2.45, 2.75) is 11.2 Å². The third kappa shape index (κ3) is 2.07. The number of halogens is 2. The molecule has 1 atom stereocenters. The summed E-state index contributed by atoms with van der Waals surface area (Å²) in [5.74, 6) is 0.154. The van der Waals surface area contributed by atoms with Crippen molar-refractivity contribution in [2.75, 3.05) is 11.4 Å². The lowest BCUT2D eigenvalue weighted by molar-refractivity contribution is -0.117. The second kappa shape index (κ2) is 4.23. The highest BCUT2D eigenvalue weighted by atomic mass is 79.9. The van der Waals surface area contributed by atoms with Crippen LogP contribution in [0.3, 0.4) is 0 Å². The molecule has 88 valence electrons. The summed E-state index contributed by atoms with van der Waals surface area (Å²) < 4.78 is 1.54. The summed E-state index contributed by atoms with van der Waals surface area (Å²) in [7, 11) is 0. The van der Waals surface area contributed by atoms with Gasteiger partial charge in [-0.25, -0.2) is 4.98 Å². The molecule has 1 fully saturated rings. The Labute approximate surface area is 116 Å². The number of anilines is 1. The van der Waals surface area contributed by atoms with Crippen molar-refractivity contribution in [3.8, 4) is 0 Å². The van der Waals surface area contributed by atoms with Crippen molar-refractivity contribution in [2.24, 2.45) is 0 Å². The van der Waals surface area contributed by atoms with Crippen molar-refractivity contribution >= 4 is 60.7 Å². The summed E-state index contributed by atoms with van der Waals surface area (Å²) in [6.07, 6.45) is 0.557. The van der Waals surface area contributed by atoms with E-state index >= 15 is 0 Å². The van der Waals surface area contributed by atoms with Crippen LogP contribution in [0.2, 0.25) is 4.47 Å². The number of amides is 1. The van der Waals surface area contributed by atoms with Crippen molar-refractivity contribution in [3.05, 3.63) is 22.7 Å². The molecular weight excluding hydrogens is 324 g/mol. The second-order valence-electron chi connectivity index (χ2n) is 3.92. The Bertz CT molecular complexity index is 600. The number of thiazole rings is 1. The third-order valence-corrected chi connectivity index (χ3v) is 4.47. The lowest BCUT2D eigenvalue weighted by Gasteiger charge is -2.15. The predicted molar refractivity (Wildman–Crippen MR) is 74.3 cm³/mol. The first-order chi connectivity index (χ1) is 8.13. The van der Waals surface area contributed by atoms with Crippen LogP contribution in [0.5, 0.6) is 0 Å². The molecule has 1 saturated heterocycles. The highest BCUT2D eigenvalue weighted by molar-refractivity contribution is 9.09. The molecule has 1 aliphatic rings. The lowest BCUT2D eigenvalue weighted by atomic mass is 10.3. The van der Waals surface area contributed by atoms with E-state index in [9.17, 15) is 4.79 Å². The van der Waals surface area contributed by atoms with E-state index < -0.39 is 0 Å². The lowest BCUT2D eigenvalue weighted by Crippen LogP contribution is -2.24. The first kappa shape index (κ1) is 11.4. The minimum atomic E-state index is 0.154. The normalized spacial score (nSPS) is 20.5. The van der Waals surface area contributed by atoms with Gasteiger partial charge < -0.3 is 4.90 Å². The minimum absolute atomic E-state index is 0.154. The second-order valence-corrected chi connectivity index (χ2v) is 6.83. The van der Waals surface area contributed by atoms with Crippen LogP contribution in [0.1, 0.15) is 6.42 Å². The number of alkyl halides is 1. The van der Waals surface area contributed by atoms with Gasteiger partial charge in [-0.2, -0.15) is 0 Å². The summed E-state index contributed by atoms with van der Waals surface area (Å²) in [6, 6.07) is 5.80. The van der Waals surface area contributed by atoms with Gasteiger partial charge in [0.25, 0.3) is 0 Å². The number of carbonyl (C=O) groups excluding carboxylic acids is 1. The van der Waals surface area contributed by atoms with E-state index in [-0.39, 0.29) is 10.7 Å². The number of benzene rings is 1. The van der Waals surface area contributed by atoms with Gasteiger partial charge in [0.05, 0.1) is 10.2 Å². The number of rotatable bonds is 1. The Morgan fingerprint density at radius 1 is 1.53 bits per heavy atom. The summed E-state index contributed by atoms with van der Waals surface area (Å²) in [5.41, 5.74) is 1.80. The average Bonchev–Trinajstić information content (AvgIpc) is 2.78. The van der Waals surface area contributed by atoms with E-state index in [1.165, 1.54) is 11.3 Å². The molecular formula is C11H8BrClN2OS. The number of fused-ring (bicyclic) bond motifs is 1. The SMILES string of the molecule is O=C1CC(Br)CN1c1ccc2nc(Cl)sc2c1. The average molecular weight is 332 g/mol. The maximum atomic E-state index is 11.8. The fourth-order valence-electron chi connectivity index (χ4n) is 1.97. The molecule has 2 heterocycles. The largest absolute Gasteiger partial charge is 0.311 e. The summed E-state index contributed by atoms with van der Waals surface area (Å²) in [6.45, 7) is 0.719. The zero-order valence-corrected chi connectivity index (χ0v) is 11.8. The molecule has 1 amide bonds. The molecule has 0 spiro atoms. The Balaban J connectivity index is 2.03. The Morgan fingerprint density at radius 3 is 3.06 bits per heavy atom. The molecule has 1 aliphatic heterocycles. The van der Waals surface area contributed by atoms with Crippen LogP contribution < -0.4 is 4.90 Å². The van der Waals surface area contributed by atoms with Gasteiger partial charge in [0.2, 0.25) is 5.91 Å². The third-order valence-electron chi connectivity index (χ3n) is 2.74.